The number of carbonyl (C=O) groups is 2. The fourth-order valence-electron chi connectivity index (χ4n) is 3.19. The summed E-state index contributed by atoms with van der Waals surface area (Å²) in [5, 5.41) is 2.83. The van der Waals surface area contributed by atoms with Crippen LogP contribution in [0.25, 0.3) is 0 Å². The van der Waals surface area contributed by atoms with Crippen molar-refractivity contribution < 1.29 is 9.59 Å². The summed E-state index contributed by atoms with van der Waals surface area (Å²) in [5.41, 5.74) is 7.20. The monoisotopic (exact) mass is 415 g/mol. The Balaban J connectivity index is 2.16. The Morgan fingerprint density at radius 3 is 2.47 bits per heavy atom. The van der Waals surface area contributed by atoms with Crippen LogP contribution in [0.3, 0.4) is 0 Å². The summed E-state index contributed by atoms with van der Waals surface area (Å²) in [7, 11) is 2.91. The number of benzene rings is 1. The van der Waals surface area contributed by atoms with Crippen molar-refractivity contribution >= 4 is 23.2 Å². The first-order chi connectivity index (χ1) is 14.1. The SMILES string of the molecule is CCCn1c(N)c(C(=O)CN(C)CC(=O)Nc2cccc(C)c2C)c(=O)n(C)c1=O. The molecule has 0 saturated carbocycles. The van der Waals surface area contributed by atoms with Gasteiger partial charge in [-0.25, -0.2) is 4.79 Å². The quantitative estimate of drug-likeness (QED) is 0.619. The van der Waals surface area contributed by atoms with E-state index in [2.05, 4.69) is 5.32 Å². The minimum atomic E-state index is -0.733. The average Bonchev–Trinajstić information content (AvgIpc) is 2.67. The molecule has 0 saturated heterocycles. The second kappa shape index (κ2) is 9.53. The number of Topliss-reactive ketones (excluding diaryl/α,β-unsaturated/α-hetero) is 1. The molecule has 1 aromatic carbocycles. The normalized spacial score (nSPS) is 11.0. The van der Waals surface area contributed by atoms with Gasteiger partial charge in [-0.05, 0) is 44.5 Å². The van der Waals surface area contributed by atoms with Crippen molar-refractivity contribution in [3.8, 4) is 0 Å². The molecule has 0 fully saturated rings. The summed E-state index contributed by atoms with van der Waals surface area (Å²) >= 11 is 0. The number of carbonyl (C=O) groups excluding carboxylic acids is 2. The lowest BCUT2D eigenvalue weighted by Crippen LogP contribution is -2.44. The van der Waals surface area contributed by atoms with Gasteiger partial charge in [-0.2, -0.15) is 0 Å². The van der Waals surface area contributed by atoms with E-state index in [0.29, 0.717) is 18.7 Å². The van der Waals surface area contributed by atoms with E-state index in [1.165, 1.54) is 16.5 Å². The van der Waals surface area contributed by atoms with E-state index in [9.17, 15) is 19.2 Å². The van der Waals surface area contributed by atoms with Crippen LogP contribution in [-0.2, 0) is 18.4 Å². The van der Waals surface area contributed by atoms with Gasteiger partial charge in [0.05, 0.1) is 13.1 Å². The Morgan fingerprint density at radius 1 is 1.17 bits per heavy atom. The zero-order valence-electron chi connectivity index (χ0n) is 18.1. The third kappa shape index (κ3) is 4.85. The molecule has 0 spiro atoms. The molecule has 1 aromatic heterocycles. The molecule has 1 heterocycles. The minimum absolute atomic E-state index is 0.0477. The van der Waals surface area contributed by atoms with Crippen LogP contribution in [0.15, 0.2) is 27.8 Å². The van der Waals surface area contributed by atoms with Crippen LogP contribution < -0.4 is 22.3 Å². The number of likely N-dealkylation sites (N-methyl/N-ethyl adjacent to an activating group) is 1. The van der Waals surface area contributed by atoms with Gasteiger partial charge < -0.3 is 11.1 Å². The van der Waals surface area contributed by atoms with E-state index in [0.717, 1.165) is 15.7 Å². The molecule has 9 nitrogen and oxygen atoms in total. The second-order valence-corrected chi connectivity index (χ2v) is 7.45. The highest BCUT2D eigenvalue weighted by Crippen LogP contribution is 2.17. The Kier molecular flexibility index (Phi) is 7.33. The zero-order valence-corrected chi connectivity index (χ0v) is 18.1. The van der Waals surface area contributed by atoms with E-state index in [1.54, 1.807) is 7.05 Å². The molecule has 1 amide bonds. The molecule has 9 heteroatoms. The van der Waals surface area contributed by atoms with Gasteiger partial charge in [0, 0.05) is 19.3 Å². The van der Waals surface area contributed by atoms with Crippen LogP contribution in [0.4, 0.5) is 11.5 Å². The highest BCUT2D eigenvalue weighted by molar-refractivity contribution is 6.01. The van der Waals surface area contributed by atoms with E-state index < -0.39 is 17.0 Å². The Labute approximate surface area is 175 Å². The molecule has 0 bridgehead atoms. The smallest absolute Gasteiger partial charge is 0.332 e. The van der Waals surface area contributed by atoms with Crippen molar-refractivity contribution in [1.82, 2.24) is 14.0 Å². The van der Waals surface area contributed by atoms with Crippen molar-refractivity contribution in [2.24, 2.45) is 7.05 Å². The average molecular weight is 415 g/mol. The van der Waals surface area contributed by atoms with E-state index in [4.69, 9.17) is 5.73 Å². The van der Waals surface area contributed by atoms with Gasteiger partial charge in [0.1, 0.15) is 11.4 Å². The maximum Gasteiger partial charge on any atom is 0.332 e. The minimum Gasteiger partial charge on any atom is -0.384 e. The number of nitrogen functional groups attached to an aromatic ring is 1. The van der Waals surface area contributed by atoms with Crippen molar-refractivity contribution in [2.45, 2.75) is 33.7 Å². The number of amides is 1. The number of aromatic nitrogens is 2. The van der Waals surface area contributed by atoms with E-state index in [1.807, 2.05) is 39.0 Å². The van der Waals surface area contributed by atoms with Gasteiger partial charge in [-0.3, -0.25) is 28.4 Å². The second-order valence-electron chi connectivity index (χ2n) is 7.45. The number of rotatable bonds is 8. The number of ketones is 1. The third-order valence-electron chi connectivity index (χ3n) is 5.02. The molecule has 3 N–H and O–H groups in total. The molecule has 0 radical (unpaired) electrons. The molecule has 0 aliphatic heterocycles. The molecule has 0 atom stereocenters. The van der Waals surface area contributed by atoms with Crippen LogP contribution >= 0.6 is 0 Å². The van der Waals surface area contributed by atoms with Gasteiger partial charge in [-0.1, -0.05) is 19.1 Å². The van der Waals surface area contributed by atoms with Gasteiger partial charge in [0.15, 0.2) is 5.78 Å². The lowest BCUT2D eigenvalue weighted by atomic mass is 10.1. The molecule has 0 aliphatic rings. The van der Waals surface area contributed by atoms with E-state index >= 15 is 0 Å². The third-order valence-corrected chi connectivity index (χ3v) is 5.02. The first kappa shape index (κ1) is 23.1. The predicted molar refractivity (Wildman–Crippen MR) is 117 cm³/mol. The molecule has 162 valence electrons. The largest absolute Gasteiger partial charge is 0.384 e. The lowest BCUT2D eigenvalue weighted by molar-refractivity contribution is -0.116. The topological polar surface area (TPSA) is 119 Å². The number of nitrogens with zero attached hydrogens (tertiary/aromatic N) is 3. The number of anilines is 2. The summed E-state index contributed by atoms with van der Waals surface area (Å²) in [5.74, 6) is -0.959. The molecule has 30 heavy (non-hydrogen) atoms. The number of nitrogens with one attached hydrogen (secondary N) is 1. The molecule has 2 aromatic rings. The summed E-state index contributed by atoms with van der Waals surface area (Å²) in [4.78, 5) is 51.4. The number of hydrogen-bond acceptors (Lipinski definition) is 6. The van der Waals surface area contributed by atoms with Crippen molar-refractivity contribution in [3.05, 3.63) is 55.7 Å². The van der Waals surface area contributed by atoms with E-state index in [-0.39, 0.29) is 30.4 Å². The predicted octanol–water partition coefficient (Wildman–Crippen LogP) is 0.909. The van der Waals surface area contributed by atoms with Crippen LogP contribution in [0.1, 0.15) is 34.8 Å². The van der Waals surface area contributed by atoms with Gasteiger partial charge in [0.25, 0.3) is 5.56 Å². The Morgan fingerprint density at radius 2 is 1.83 bits per heavy atom. The molecule has 2 rings (SSSR count). The highest BCUT2D eigenvalue weighted by Gasteiger charge is 2.23. The summed E-state index contributed by atoms with van der Waals surface area (Å²) < 4.78 is 2.11. The lowest BCUT2D eigenvalue weighted by Gasteiger charge is -2.18. The number of aryl methyl sites for hydroxylation is 1. The molecular weight excluding hydrogens is 386 g/mol. The van der Waals surface area contributed by atoms with Crippen LogP contribution in [0, 0.1) is 13.8 Å². The molecule has 0 aliphatic carbocycles. The Hall–Kier alpha value is -3.20. The summed E-state index contributed by atoms with van der Waals surface area (Å²) in [6.07, 6.45) is 0.619. The highest BCUT2D eigenvalue weighted by atomic mass is 16.2. The summed E-state index contributed by atoms with van der Waals surface area (Å²) in [6, 6.07) is 5.63. The van der Waals surface area contributed by atoms with Crippen molar-refractivity contribution in [1.29, 1.82) is 0 Å². The van der Waals surface area contributed by atoms with Gasteiger partial charge in [0.2, 0.25) is 5.91 Å². The maximum absolute atomic E-state index is 12.8. The fourth-order valence-corrected chi connectivity index (χ4v) is 3.19. The van der Waals surface area contributed by atoms with Gasteiger partial charge in [-0.15, -0.1) is 0 Å². The van der Waals surface area contributed by atoms with Crippen molar-refractivity contribution in [3.63, 3.8) is 0 Å². The first-order valence-corrected chi connectivity index (χ1v) is 9.75. The number of nitrogens with two attached hydrogens (primary N) is 1. The Bertz CT molecular complexity index is 1080. The van der Waals surface area contributed by atoms with Gasteiger partial charge >= 0.3 is 5.69 Å². The first-order valence-electron chi connectivity index (χ1n) is 9.75. The van der Waals surface area contributed by atoms with Crippen LogP contribution in [-0.4, -0.2) is 45.9 Å². The van der Waals surface area contributed by atoms with Crippen molar-refractivity contribution in [2.75, 3.05) is 31.2 Å². The molecule has 0 unspecified atom stereocenters. The summed E-state index contributed by atoms with van der Waals surface area (Å²) in [6.45, 7) is 5.80. The zero-order chi connectivity index (χ0) is 22.6. The maximum atomic E-state index is 12.8. The van der Waals surface area contributed by atoms with Crippen LogP contribution in [0.5, 0.6) is 0 Å². The van der Waals surface area contributed by atoms with Crippen LogP contribution in [0.2, 0.25) is 0 Å². The number of hydrogen-bond donors (Lipinski definition) is 2. The molecular formula is C21H29N5O4. The standard InChI is InChI=1S/C21H29N5O4/c1-6-10-26-19(22)18(20(29)25(5)21(26)30)16(27)11-24(4)12-17(28)23-15-9-7-8-13(2)14(15)3/h7-9H,6,10-12,22H2,1-5H3,(H,23,28). The fraction of sp³-hybridized carbons (Fsp3) is 0.429.